The van der Waals surface area contributed by atoms with Crippen molar-refractivity contribution in [3.05, 3.63) is 82.3 Å². The number of nitrogens with one attached hydrogen (secondary N) is 2. The minimum absolute atomic E-state index is 0.0507. The Morgan fingerprint density at radius 1 is 0.932 bits per heavy atom. The number of alkyl carbamates (subject to hydrolysis) is 1. The summed E-state index contributed by atoms with van der Waals surface area (Å²) in [5.74, 6) is -3.80. The van der Waals surface area contributed by atoms with Gasteiger partial charge in [0.15, 0.2) is 0 Å². The van der Waals surface area contributed by atoms with Crippen molar-refractivity contribution in [2.24, 2.45) is 5.73 Å². The van der Waals surface area contributed by atoms with Crippen molar-refractivity contribution in [2.75, 3.05) is 44.6 Å². The zero-order chi connectivity index (χ0) is 32.6. The SMILES string of the molecule is COC(=O)C1=C(C(=O)OC)N(c2cc(C(=O)OC)ccc2NCCNC(=O)OC(C)(C)C)C(N)=C(C#N)C1c1ccccc1. The molecule has 13 heteroatoms. The number of carbonyl (C=O) groups is 4. The molecule has 3 rings (SSSR count). The third kappa shape index (κ3) is 7.27. The number of methoxy groups -OCH3 is 3. The molecule has 0 saturated carbocycles. The van der Waals surface area contributed by atoms with E-state index in [1.807, 2.05) is 0 Å². The van der Waals surface area contributed by atoms with E-state index in [1.165, 1.54) is 30.2 Å². The van der Waals surface area contributed by atoms with E-state index in [9.17, 15) is 24.4 Å². The van der Waals surface area contributed by atoms with Gasteiger partial charge in [0, 0.05) is 13.1 Å². The second kappa shape index (κ2) is 14.1. The summed E-state index contributed by atoms with van der Waals surface area (Å²) in [5, 5.41) is 16.1. The maximum absolute atomic E-state index is 13.5. The predicted molar refractivity (Wildman–Crippen MR) is 160 cm³/mol. The first-order valence-corrected chi connectivity index (χ1v) is 13.5. The molecule has 0 aliphatic carbocycles. The van der Waals surface area contributed by atoms with Crippen LogP contribution in [0, 0.1) is 11.3 Å². The lowest BCUT2D eigenvalue weighted by atomic mass is 9.81. The van der Waals surface area contributed by atoms with Crippen LogP contribution in [0.25, 0.3) is 0 Å². The van der Waals surface area contributed by atoms with Crippen molar-refractivity contribution in [2.45, 2.75) is 32.3 Å². The molecule has 4 N–H and O–H groups in total. The highest BCUT2D eigenvalue weighted by molar-refractivity contribution is 6.07. The Balaban J connectivity index is 2.23. The number of nitrogens with zero attached hydrogens (tertiary/aromatic N) is 2. The van der Waals surface area contributed by atoms with Crippen LogP contribution in [-0.4, -0.2) is 64.0 Å². The van der Waals surface area contributed by atoms with Crippen LogP contribution in [0.15, 0.2) is 71.2 Å². The Bertz CT molecular complexity index is 1540. The highest BCUT2D eigenvalue weighted by Crippen LogP contribution is 2.45. The van der Waals surface area contributed by atoms with Crippen molar-refractivity contribution >= 4 is 35.4 Å². The number of ether oxygens (including phenoxy) is 4. The van der Waals surface area contributed by atoms with Gasteiger partial charge in [-0.05, 0) is 44.5 Å². The second-order valence-electron chi connectivity index (χ2n) is 10.4. The largest absolute Gasteiger partial charge is 0.466 e. The molecular formula is C31H35N5O8. The van der Waals surface area contributed by atoms with Crippen LogP contribution >= 0.6 is 0 Å². The number of hydrogen-bond donors (Lipinski definition) is 3. The summed E-state index contributed by atoms with van der Waals surface area (Å²) in [7, 11) is 3.48. The molecule has 1 unspecified atom stereocenters. The maximum atomic E-state index is 13.5. The molecule has 2 aromatic rings. The Morgan fingerprint density at radius 3 is 2.14 bits per heavy atom. The summed E-state index contributed by atoms with van der Waals surface area (Å²) in [4.78, 5) is 52.7. The lowest BCUT2D eigenvalue weighted by Gasteiger charge is -2.36. The van der Waals surface area contributed by atoms with E-state index in [4.69, 9.17) is 24.7 Å². The molecule has 0 spiro atoms. The molecule has 13 nitrogen and oxygen atoms in total. The van der Waals surface area contributed by atoms with E-state index in [0.29, 0.717) is 11.3 Å². The average Bonchev–Trinajstić information content (AvgIpc) is 3.00. The number of hydrogen-bond acceptors (Lipinski definition) is 12. The van der Waals surface area contributed by atoms with Gasteiger partial charge in [-0.2, -0.15) is 5.26 Å². The first-order valence-electron chi connectivity index (χ1n) is 13.5. The fourth-order valence-electron chi connectivity index (χ4n) is 4.55. The van der Waals surface area contributed by atoms with Gasteiger partial charge in [0.25, 0.3) is 0 Å². The average molecular weight is 606 g/mol. The van der Waals surface area contributed by atoms with Gasteiger partial charge in [-0.15, -0.1) is 0 Å². The smallest absolute Gasteiger partial charge is 0.407 e. The van der Waals surface area contributed by atoms with Gasteiger partial charge in [-0.3, -0.25) is 4.90 Å². The molecule has 0 saturated heterocycles. The van der Waals surface area contributed by atoms with E-state index in [1.54, 1.807) is 51.1 Å². The van der Waals surface area contributed by atoms with Gasteiger partial charge in [-0.25, -0.2) is 19.2 Å². The number of amides is 1. The van der Waals surface area contributed by atoms with Crippen LogP contribution in [-0.2, 0) is 28.5 Å². The van der Waals surface area contributed by atoms with Crippen molar-refractivity contribution in [3.8, 4) is 6.07 Å². The van der Waals surface area contributed by atoms with Gasteiger partial charge in [0.2, 0.25) is 0 Å². The number of nitrogens with two attached hydrogens (primary N) is 1. The Kier molecular flexibility index (Phi) is 10.6. The summed E-state index contributed by atoms with van der Waals surface area (Å²) < 4.78 is 20.3. The summed E-state index contributed by atoms with van der Waals surface area (Å²) in [6.07, 6.45) is -0.618. The van der Waals surface area contributed by atoms with E-state index in [2.05, 4.69) is 16.7 Å². The second-order valence-corrected chi connectivity index (χ2v) is 10.4. The van der Waals surface area contributed by atoms with Crippen LogP contribution in [0.5, 0.6) is 0 Å². The van der Waals surface area contributed by atoms with Crippen LogP contribution < -0.4 is 21.3 Å². The summed E-state index contributed by atoms with van der Waals surface area (Å²) in [5.41, 5.74) is 6.41. The third-order valence-electron chi connectivity index (χ3n) is 6.38. The fraction of sp³-hybridized carbons (Fsp3) is 0.323. The molecule has 1 heterocycles. The van der Waals surface area contributed by atoms with Crippen molar-refractivity contribution in [1.82, 2.24) is 5.32 Å². The summed E-state index contributed by atoms with van der Waals surface area (Å²) in [6.45, 7) is 5.52. The van der Waals surface area contributed by atoms with E-state index >= 15 is 0 Å². The zero-order valence-corrected chi connectivity index (χ0v) is 25.3. The normalized spacial score (nSPS) is 14.8. The number of nitriles is 1. The van der Waals surface area contributed by atoms with Crippen LogP contribution in [0.2, 0.25) is 0 Å². The summed E-state index contributed by atoms with van der Waals surface area (Å²) >= 11 is 0. The quantitative estimate of drug-likeness (QED) is 0.216. The van der Waals surface area contributed by atoms with Crippen molar-refractivity contribution in [1.29, 1.82) is 5.26 Å². The number of anilines is 2. The Morgan fingerprint density at radius 2 is 1.57 bits per heavy atom. The van der Waals surface area contributed by atoms with Gasteiger partial charge in [0.1, 0.15) is 17.1 Å². The zero-order valence-electron chi connectivity index (χ0n) is 25.3. The van der Waals surface area contributed by atoms with Crippen LogP contribution in [0.4, 0.5) is 16.2 Å². The van der Waals surface area contributed by atoms with Gasteiger partial charge >= 0.3 is 24.0 Å². The molecule has 1 aliphatic heterocycles. The number of rotatable bonds is 9. The number of benzene rings is 2. The highest BCUT2D eigenvalue weighted by atomic mass is 16.6. The Labute approximate surface area is 255 Å². The molecule has 1 atom stereocenters. The van der Waals surface area contributed by atoms with Gasteiger partial charge in [-0.1, -0.05) is 30.3 Å². The molecule has 0 aromatic heterocycles. The monoisotopic (exact) mass is 605 g/mol. The van der Waals surface area contributed by atoms with Crippen molar-refractivity contribution in [3.63, 3.8) is 0 Å². The first-order chi connectivity index (χ1) is 20.9. The Hall–Kier alpha value is -5.51. The summed E-state index contributed by atoms with van der Waals surface area (Å²) in [6, 6.07) is 15.0. The predicted octanol–water partition coefficient (Wildman–Crippen LogP) is 3.31. The molecule has 0 radical (unpaired) electrons. The lowest BCUT2D eigenvalue weighted by molar-refractivity contribution is -0.139. The van der Waals surface area contributed by atoms with E-state index in [0.717, 1.165) is 14.2 Å². The topological polar surface area (TPSA) is 182 Å². The minimum Gasteiger partial charge on any atom is -0.466 e. The number of allylic oxidation sites excluding steroid dienone is 1. The standard InChI is InChI=1S/C31H35N5O8/c1-31(2,3)44-30(40)35-15-14-34-21-13-12-19(27(37)41-4)16-22(21)36-25(29(39)43-6)24(28(38)42-5)23(20(17-32)26(36)33)18-10-8-7-9-11-18/h7-13,16,23,34H,14-15,33H2,1-6H3,(H,35,40). The molecule has 2 aromatic carbocycles. The molecule has 44 heavy (non-hydrogen) atoms. The molecule has 1 aliphatic rings. The van der Waals surface area contributed by atoms with Crippen LogP contribution in [0.1, 0.15) is 42.6 Å². The molecule has 0 fully saturated rings. The lowest BCUT2D eigenvalue weighted by Crippen LogP contribution is -2.41. The first kappa shape index (κ1) is 33.0. The van der Waals surface area contributed by atoms with Gasteiger partial charge < -0.3 is 35.3 Å². The van der Waals surface area contributed by atoms with Crippen LogP contribution in [0.3, 0.4) is 0 Å². The highest BCUT2D eigenvalue weighted by Gasteiger charge is 2.43. The number of carbonyl (C=O) groups excluding carboxylic acids is 4. The molecule has 0 bridgehead atoms. The third-order valence-corrected chi connectivity index (χ3v) is 6.38. The van der Waals surface area contributed by atoms with E-state index in [-0.39, 0.29) is 47.0 Å². The number of esters is 3. The fourth-order valence-corrected chi connectivity index (χ4v) is 4.55. The maximum Gasteiger partial charge on any atom is 0.407 e. The molecule has 1 amide bonds. The van der Waals surface area contributed by atoms with Gasteiger partial charge in [0.05, 0.1) is 61.4 Å². The molecular weight excluding hydrogens is 570 g/mol. The minimum atomic E-state index is -1.07. The van der Waals surface area contributed by atoms with E-state index < -0.39 is 35.5 Å². The van der Waals surface area contributed by atoms with Crippen molar-refractivity contribution < 1.29 is 38.1 Å². The molecule has 232 valence electrons.